The van der Waals surface area contributed by atoms with E-state index in [1.807, 2.05) is 47.8 Å². The molecule has 8 rings (SSSR count). The van der Waals surface area contributed by atoms with Crippen molar-refractivity contribution in [3.05, 3.63) is 185 Å². The molecule has 1 heterocycles. The van der Waals surface area contributed by atoms with E-state index in [9.17, 15) is 13.0 Å². The summed E-state index contributed by atoms with van der Waals surface area (Å²) in [5, 5.41) is 1.67. The summed E-state index contributed by atoms with van der Waals surface area (Å²) in [6.45, 7) is 10.2. The number of thioether (sulfide) groups is 2. The molecule has 9 heteroatoms. The second-order valence-electron chi connectivity index (χ2n) is 15.3. The number of para-hydroxylation sites is 2. The zero-order chi connectivity index (χ0) is 43.2. The number of anilines is 2. The van der Waals surface area contributed by atoms with Gasteiger partial charge in [0.2, 0.25) is 11.0 Å². The molecule has 62 heavy (non-hydrogen) atoms. The van der Waals surface area contributed by atoms with E-state index >= 15 is 0 Å². The van der Waals surface area contributed by atoms with E-state index in [1.165, 1.54) is 49.5 Å². The molecule has 1 aliphatic carbocycles. The van der Waals surface area contributed by atoms with Crippen LogP contribution < -0.4 is 14.8 Å². The molecule has 0 unspecified atom stereocenters. The third-order valence-corrected chi connectivity index (χ3v) is 14.2. The molecule has 0 fully saturated rings. The summed E-state index contributed by atoms with van der Waals surface area (Å²) in [6, 6.07) is 52.7. The monoisotopic (exact) mass is 874 g/mol. The van der Waals surface area contributed by atoms with E-state index < -0.39 is 10.1 Å². The predicted octanol–water partition coefficient (Wildman–Crippen LogP) is 12.7. The third kappa shape index (κ3) is 9.27. The minimum Gasteiger partial charge on any atom is -0.744 e. The average Bonchev–Trinajstić information content (AvgIpc) is 3.29. The van der Waals surface area contributed by atoms with Gasteiger partial charge in [0.05, 0.1) is 16.7 Å². The molecule has 0 atom stereocenters. The molecule has 2 aliphatic rings. The van der Waals surface area contributed by atoms with Gasteiger partial charge in [0, 0.05) is 78.8 Å². The van der Waals surface area contributed by atoms with E-state index in [-0.39, 0.29) is 4.90 Å². The molecule has 6 nitrogen and oxygen atoms in total. The Kier molecular flexibility index (Phi) is 13.4. The van der Waals surface area contributed by atoms with Gasteiger partial charge in [0.25, 0.3) is 0 Å². The van der Waals surface area contributed by atoms with Crippen molar-refractivity contribution in [1.29, 1.82) is 0 Å². The lowest BCUT2D eigenvalue weighted by molar-refractivity contribution is 0.463. The lowest BCUT2D eigenvalue weighted by atomic mass is 9.93. The fourth-order valence-corrected chi connectivity index (χ4v) is 10.9. The van der Waals surface area contributed by atoms with Crippen LogP contribution in [-0.4, -0.2) is 37.6 Å². The summed E-state index contributed by atoms with van der Waals surface area (Å²) >= 11 is 3.64. The molecule has 0 spiro atoms. The van der Waals surface area contributed by atoms with Crippen molar-refractivity contribution in [2.45, 2.75) is 55.2 Å². The summed E-state index contributed by atoms with van der Waals surface area (Å²) < 4.78 is 48.1. The molecule has 0 saturated heterocycles. The number of benzene rings is 7. The van der Waals surface area contributed by atoms with Gasteiger partial charge in [-0.2, -0.15) is 4.58 Å². The molecule has 314 valence electrons. The van der Waals surface area contributed by atoms with Crippen LogP contribution in [0.3, 0.4) is 0 Å². The molecular weight excluding hydrogens is 825 g/mol. The maximum atomic E-state index is 12.9. The van der Waals surface area contributed by atoms with Gasteiger partial charge < -0.3 is 13.9 Å². The summed E-state index contributed by atoms with van der Waals surface area (Å²) in [4.78, 5) is 4.54. The standard InChI is InChI=1S/C53H50N2O4S3/c1-5-39-19-15-17-37(3)52(39)54(31-33-60-43-21-9-7-10-22-43)41-27-29-45-48(35-41)59-49-36-42(28-30-46(49)51(45)47-25-13-14-26-50(47)62(56,57)58)55(32-34-61-44-23-11-8-12-24-44)53-38(4)18-16-20-40(53)6-2/h7-30,35-36H,5-6,31-34H2,1-4H3. The fourth-order valence-electron chi connectivity index (χ4n) is 8.45. The van der Waals surface area contributed by atoms with Gasteiger partial charge in [-0.15, -0.1) is 23.5 Å². The molecule has 0 amide bonds. The topological polar surface area (TPSA) is 76.6 Å². The molecule has 6 aromatic carbocycles. The van der Waals surface area contributed by atoms with Crippen LogP contribution in [0.2, 0.25) is 0 Å². The van der Waals surface area contributed by atoms with Crippen molar-refractivity contribution in [3.63, 3.8) is 0 Å². The third-order valence-electron chi connectivity index (χ3n) is 11.3. The zero-order valence-corrected chi connectivity index (χ0v) is 38.0. The van der Waals surface area contributed by atoms with Crippen molar-refractivity contribution >= 4 is 61.7 Å². The highest BCUT2D eigenvalue weighted by Crippen LogP contribution is 2.44. The fraction of sp³-hybridized carbons (Fsp3) is 0.189. The average molecular weight is 875 g/mol. The van der Waals surface area contributed by atoms with Crippen LogP contribution in [-0.2, 0) is 23.0 Å². The Hall–Kier alpha value is -5.58. The minimum absolute atomic E-state index is 0.263. The van der Waals surface area contributed by atoms with E-state index in [1.54, 1.807) is 18.2 Å². The van der Waals surface area contributed by atoms with Crippen molar-refractivity contribution in [1.82, 2.24) is 4.58 Å². The Bertz CT molecular complexity index is 3000. The van der Waals surface area contributed by atoms with Crippen molar-refractivity contribution in [3.8, 4) is 22.5 Å². The Labute approximate surface area is 374 Å². The number of hydrogen-bond donors (Lipinski definition) is 0. The van der Waals surface area contributed by atoms with Gasteiger partial charge in [-0.05, 0) is 86.3 Å². The minimum atomic E-state index is -4.83. The normalized spacial score (nSPS) is 12.2. The molecule has 1 aliphatic heterocycles. The van der Waals surface area contributed by atoms with Crippen LogP contribution in [0.4, 0.5) is 17.1 Å². The number of rotatable bonds is 15. The summed E-state index contributed by atoms with van der Waals surface area (Å²) in [5.74, 6) is 2.27. The van der Waals surface area contributed by atoms with Crippen molar-refractivity contribution in [2.24, 2.45) is 0 Å². The summed E-state index contributed by atoms with van der Waals surface area (Å²) in [7, 11) is -4.83. The Balaban J connectivity index is 1.36. The Morgan fingerprint density at radius 1 is 0.645 bits per heavy atom. The largest absolute Gasteiger partial charge is 0.744 e. The molecule has 0 N–H and O–H groups in total. The molecule has 0 radical (unpaired) electrons. The van der Waals surface area contributed by atoms with E-state index in [4.69, 9.17) is 4.42 Å². The van der Waals surface area contributed by atoms with Crippen LogP contribution in [0.15, 0.2) is 177 Å². The van der Waals surface area contributed by atoms with Crippen LogP contribution >= 0.6 is 23.5 Å². The maximum absolute atomic E-state index is 12.9. The lowest BCUT2D eigenvalue weighted by Gasteiger charge is -2.29. The van der Waals surface area contributed by atoms with E-state index in [0.717, 1.165) is 48.5 Å². The number of hydrogen-bond acceptors (Lipinski definition) is 7. The maximum Gasteiger partial charge on any atom is 0.211 e. The number of aryl methyl sites for hydroxylation is 4. The highest BCUT2D eigenvalue weighted by molar-refractivity contribution is 7.99. The zero-order valence-electron chi connectivity index (χ0n) is 35.5. The molecule has 6 aromatic rings. The van der Waals surface area contributed by atoms with Gasteiger partial charge in [0.1, 0.15) is 21.5 Å². The first-order valence-corrected chi connectivity index (χ1v) is 24.5. The van der Waals surface area contributed by atoms with Crippen molar-refractivity contribution < 1.29 is 17.4 Å². The van der Waals surface area contributed by atoms with Crippen LogP contribution in [0.5, 0.6) is 0 Å². The summed E-state index contributed by atoms with van der Waals surface area (Å²) in [6.07, 6.45) is 1.74. The Morgan fingerprint density at radius 3 is 1.98 bits per heavy atom. The smallest absolute Gasteiger partial charge is 0.211 e. The van der Waals surface area contributed by atoms with Crippen LogP contribution in [0, 0.1) is 13.8 Å². The second kappa shape index (κ2) is 19.2. The highest BCUT2D eigenvalue weighted by atomic mass is 32.2. The molecular formula is C53H50N2O4S3. The first-order chi connectivity index (χ1) is 30.1. The van der Waals surface area contributed by atoms with Gasteiger partial charge >= 0.3 is 0 Å². The second-order valence-corrected chi connectivity index (χ2v) is 19.0. The van der Waals surface area contributed by atoms with Gasteiger partial charge in [-0.3, -0.25) is 0 Å². The highest BCUT2D eigenvalue weighted by Gasteiger charge is 2.25. The first kappa shape index (κ1) is 43.1. The van der Waals surface area contributed by atoms with Crippen LogP contribution in [0.1, 0.15) is 36.1 Å². The molecule has 0 aromatic heterocycles. The number of fused-ring (bicyclic) bond motifs is 2. The summed E-state index contributed by atoms with van der Waals surface area (Å²) in [5.41, 5.74) is 10.4. The predicted molar refractivity (Wildman–Crippen MR) is 258 cm³/mol. The quantitative estimate of drug-likeness (QED) is 0.0439. The lowest BCUT2D eigenvalue weighted by Crippen LogP contribution is -2.29. The van der Waals surface area contributed by atoms with E-state index in [2.05, 4.69) is 146 Å². The van der Waals surface area contributed by atoms with E-state index in [0.29, 0.717) is 33.4 Å². The van der Waals surface area contributed by atoms with Crippen molar-refractivity contribution in [2.75, 3.05) is 29.5 Å². The Morgan fingerprint density at radius 2 is 1.29 bits per heavy atom. The molecule has 0 bridgehead atoms. The van der Waals surface area contributed by atoms with Crippen LogP contribution in [0.25, 0.3) is 33.4 Å². The number of nitrogens with zero attached hydrogens (tertiary/aromatic N) is 2. The molecule has 0 saturated carbocycles. The first-order valence-electron chi connectivity index (χ1n) is 21.1. The van der Waals surface area contributed by atoms with Gasteiger partial charge in [-0.25, -0.2) is 8.42 Å². The SMILES string of the molecule is CCc1cccc(C)c1N(CCSc1ccccc1)c1ccc2c(-c3ccccc3S(=O)(=O)[O-])c3ccc(=[N+](CCSc4ccccc4)c4c(C)cccc4CC)cc-3oc2c1. The van der Waals surface area contributed by atoms with Gasteiger partial charge in [-0.1, -0.05) is 105 Å². The van der Waals surface area contributed by atoms with Gasteiger partial charge in [0.15, 0.2) is 6.54 Å².